The molecule has 1 amide bonds. The molecule has 4 aromatic rings. The largest absolute Gasteiger partial charge is 0.352 e. The van der Waals surface area contributed by atoms with Crippen LogP contribution in [0, 0.1) is 6.92 Å². The van der Waals surface area contributed by atoms with Crippen LogP contribution in [0.5, 0.6) is 0 Å². The predicted octanol–water partition coefficient (Wildman–Crippen LogP) is 3.66. The number of thiazole rings is 1. The number of hydrogen-bond donors (Lipinski definition) is 0. The molecule has 31 heavy (non-hydrogen) atoms. The highest BCUT2D eigenvalue weighted by Crippen LogP contribution is 2.29. The monoisotopic (exact) mass is 430 g/mol. The van der Waals surface area contributed by atoms with E-state index in [2.05, 4.69) is 20.1 Å². The second-order valence-electron chi connectivity index (χ2n) is 7.42. The molecule has 1 saturated heterocycles. The summed E-state index contributed by atoms with van der Waals surface area (Å²) in [7, 11) is 0. The number of benzene rings is 1. The standard InChI is InChI=1S/C23H22N6OS/c1-17-21(31-22(24-17)18-7-3-2-4-8-18)23(30)29-15-13-28(14-16-29)20-10-9-19(25-26-20)27-11-5-6-12-27/h2-12H,13-16H2,1H3. The van der Waals surface area contributed by atoms with E-state index in [1.165, 1.54) is 11.3 Å². The van der Waals surface area contributed by atoms with Crippen molar-refractivity contribution in [3.63, 3.8) is 0 Å². The van der Waals surface area contributed by atoms with Gasteiger partial charge in [-0.05, 0) is 31.2 Å². The summed E-state index contributed by atoms with van der Waals surface area (Å²) >= 11 is 1.47. The Bertz CT molecular complexity index is 1160. The fraction of sp³-hybridized carbons (Fsp3) is 0.217. The molecule has 5 rings (SSSR count). The van der Waals surface area contributed by atoms with Crippen molar-refractivity contribution in [2.45, 2.75) is 6.92 Å². The molecule has 3 aromatic heterocycles. The number of amides is 1. The highest BCUT2D eigenvalue weighted by molar-refractivity contribution is 7.17. The third-order valence-electron chi connectivity index (χ3n) is 5.41. The number of nitrogens with zero attached hydrogens (tertiary/aromatic N) is 6. The second-order valence-corrected chi connectivity index (χ2v) is 8.42. The van der Waals surface area contributed by atoms with Crippen molar-refractivity contribution in [2.24, 2.45) is 0 Å². The minimum Gasteiger partial charge on any atom is -0.352 e. The summed E-state index contributed by atoms with van der Waals surface area (Å²) in [4.78, 5) is 22.6. The highest BCUT2D eigenvalue weighted by atomic mass is 32.1. The molecule has 0 spiro atoms. The van der Waals surface area contributed by atoms with Crippen LogP contribution in [0.3, 0.4) is 0 Å². The van der Waals surface area contributed by atoms with Crippen LogP contribution >= 0.6 is 11.3 Å². The van der Waals surface area contributed by atoms with Crippen molar-refractivity contribution in [3.8, 4) is 16.4 Å². The third-order valence-corrected chi connectivity index (χ3v) is 6.60. The van der Waals surface area contributed by atoms with Gasteiger partial charge in [-0.1, -0.05) is 30.3 Å². The van der Waals surface area contributed by atoms with Gasteiger partial charge in [0.1, 0.15) is 9.88 Å². The molecule has 0 unspecified atom stereocenters. The first-order chi connectivity index (χ1) is 15.2. The number of piperazine rings is 1. The summed E-state index contributed by atoms with van der Waals surface area (Å²) < 4.78 is 1.93. The van der Waals surface area contributed by atoms with Crippen molar-refractivity contribution in [1.82, 2.24) is 24.6 Å². The topological polar surface area (TPSA) is 67.2 Å². The summed E-state index contributed by atoms with van der Waals surface area (Å²) in [5, 5.41) is 9.59. The third kappa shape index (κ3) is 3.94. The van der Waals surface area contributed by atoms with E-state index in [-0.39, 0.29) is 5.91 Å². The maximum atomic E-state index is 13.1. The van der Waals surface area contributed by atoms with E-state index in [9.17, 15) is 4.79 Å². The van der Waals surface area contributed by atoms with Gasteiger partial charge in [0.15, 0.2) is 11.6 Å². The van der Waals surface area contributed by atoms with E-state index in [1.807, 2.05) is 83.4 Å². The summed E-state index contributed by atoms with van der Waals surface area (Å²) in [6.07, 6.45) is 3.89. The molecule has 8 heteroatoms. The van der Waals surface area contributed by atoms with Crippen LogP contribution in [0.1, 0.15) is 15.4 Å². The lowest BCUT2D eigenvalue weighted by atomic mass is 10.2. The van der Waals surface area contributed by atoms with Crippen LogP contribution in [0.4, 0.5) is 5.82 Å². The predicted molar refractivity (Wildman–Crippen MR) is 122 cm³/mol. The number of rotatable bonds is 4. The molecule has 0 atom stereocenters. The van der Waals surface area contributed by atoms with Gasteiger partial charge in [0.25, 0.3) is 5.91 Å². The maximum absolute atomic E-state index is 13.1. The number of carbonyl (C=O) groups is 1. The van der Waals surface area contributed by atoms with Crippen molar-refractivity contribution in [3.05, 3.63) is 77.6 Å². The molecule has 0 saturated carbocycles. The normalized spacial score (nSPS) is 14.1. The van der Waals surface area contributed by atoms with Gasteiger partial charge >= 0.3 is 0 Å². The summed E-state index contributed by atoms with van der Waals surface area (Å²) in [5.41, 5.74) is 1.84. The van der Waals surface area contributed by atoms with Crippen molar-refractivity contribution < 1.29 is 4.79 Å². The zero-order valence-electron chi connectivity index (χ0n) is 17.2. The molecule has 0 aliphatic carbocycles. The molecule has 1 aliphatic rings. The van der Waals surface area contributed by atoms with Crippen LogP contribution < -0.4 is 4.90 Å². The van der Waals surface area contributed by atoms with Crippen LogP contribution in [-0.4, -0.2) is 56.7 Å². The van der Waals surface area contributed by atoms with Gasteiger partial charge < -0.3 is 14.4 Å². The Morgan fingerprint density at radius 3 is 2.23 bits per heavy atom. The molecule has 1 aromatic carbocycles. The van der Waals surface area contributed by atoms with Crippen molar-refractivity contribution >= 4 is 23.1 Å². The SMILES string of the molecule is Cc1nc(-c2ccccc2)sc1C(=O)N1CCN(c2ccc(-n3cccc3)nn2)CC1. The maximum Gasteiger partial charge on any atom is 0.265 e. The van der Waals surface area contributed by atoms with Crippen molar-refractivity contribution in [2.75, 3.05) is 31.1 Å². The number of aryl methyl sites for hydroxylation is 1. The molecule has 7 nitrogen and oxygen atoms in total. The number of hydrogen-bond acceptors (Lipinski definition) is 6. The Hall–Kier alpha value is -3.52. The Balaban J connectivity index is 1.24. The molecule has 0 N–H and O–H groups in total. The first-order valence-electron chi connectivity index (χ1n) is 10.2. The zero-order valence-corrected chi connectivity index (χ0v) is 18.0. The fourth-order valence-electron chi connectivity index (χ4n) is 3.69. The highest BCUT2D eigenvalue weighted by Gasteiger charge is 2.26. The summed E-state index contributed by atoms with van der Waals surface area (Å²) in [5.74, 6) is 1.69. The number of anilines is 1. The zero-order chi connectivity index (χ0) is 21.2. The van der Waals surface area contributed by atoms with Gasteiger partial charge in [-0.25, -0.2) is 4.98 Å². The average molecular weight is 431 g/mol. The van der Waals surface area contributed by atoms with E-state index in [0.717, 1.165) is 45.9 Å². The Morgan fingerprint density at radius 1 is 0.871 bits per heavy atom. The fourth-order valence-corrected chi connectivity index (χ4v) is 4.73. The van der Waals surface area contributed by atoms with Gasteiger partial charge in [0, 0.05) is 44.1 Å². The minimum atomic E-state index is 0.0610. The lowest BCUT2D eigenvalue weighted by molar-refractivity contribution is 0.0750. The first kappa shape index (κ1) is 19.4. The molecular formula is C23H22N6OS. The summed E-state index contributed by atoms with van der Waals surface area (Å²) in [6, 6.07) is 17.9. The first-order valence-corrected chi connectivity index (χ1v) is 11.0. The molecule has 0 bridgehead atoms. The van der Waals surface area contributed by atoms with E-state index >= 15 is 0 Å². The Kier molecular flexibility index (Phi) is 5.21. The Morgan fingerprint density at radius 2 is 1.55 bits per heavy atom. The average Bonchev–Trinajstić information content (AvgIpc) is 3.50. The molecule has 4 heterocycles. The smallest absolute Gasteiger partial charge is 0.265 e. The molecule has 0 radical (unpaired) electrons. The second kappa shape index (κ2) is 8.31. The Labute approximate surface area is 184 Å². The van der Waals surface area contributed by atoms with Gasteiger partial charge in [0.05, 0.1) is 5.69 Å². The van der Waals surface area contributed by atoms with Gasteiger partial charge in [0.2, 0.25) is 0 Å². The van der Waals surface area contributed by atoms with E-state index < -0.39 is 0 Å². The van der Waals surface area contributed by atoms with Crippen LogP contribution in [0.15, 0.2) is 67.0 Å². The van der Waals surface area contributed by atoms with E-state index in [1.54, 1.807) is 0 Å². The lowest BCUT2D eigenvalue weighted by Gasteiger charge is -2.35. The van der Waals surface area contributed by atoms with Crippen molar-refractivity contribution in [1.29, 1.82) is 0 Å². The number of aromatic nitrogens is 4. The van der Waals surface area contributed by atoms with Crippen LogP contribution in [0.25, 0.3) is 16.4 Å². The van der Waals surface area contributed by atoms with Crippen LogP contribution in [0.2, 0.25) is 0 Å². The molecule has 1 aliphatic heterocycles. The van der Waals surface area contributed by atoms with E-state index in [4.69, 9.17) is 0 Å². The van der Waals surface area contributed by atoms with Gasteiger partial charge in [-0.15, -0.1) is 21.5 Å². The minimum absolute atomic E-state index is 0.0610. The lowest BCUT2D eigenvalue weighted by Crippen LogP contribution is -2.49. The summed E-state index contributed by atoms with van der Waals surface area (Å²) in [6.45, 7) is 4.67. The van der Waals surface area contributed by atoms with Gasteiger partial charge in [-0.2, -0.15) is 0 Å². The number of carbonyl (C=O) groups excluding carboxylic acids is 1. The van der Waals surface area contributed by atoms with Gasteiger partial charge in [-0.3, -0.25) is 4.79 Å². The molecule has 1 fully saturated rings. The molecule has 156 valence electrons. The molecular weight excluding hydrogens is 408 g/mol. The quantitative estimate of drug-likeness (QED) is 0.494. The van der Waals surface area contributed by atoms with E-state index in [0.29, 0.717) is 13.1 Å². The van der Waals surface area contributed by atoms with Crippen LogP contribution in [-0.2, 0) is 0 Å².